The Morgan fingerprint density at radius 2 is 1.67 bits per heavy atom. The summed E-state index contributed by atoms with van der Waals surface area (Å²) in [4.78, 5) is 23.4. The van der Waals surface area contributed by atoms with E-state index < -0.39 is 0 Å². The molecule has 0 spiro atoms. The monoisotopic (exact) mass is 406 g/mol. The number of carbonyl (C=O) groups excluding carboxylic acids is 2. The smallest absolute Gasteiger partial charge is 0.343 e. The Bertz CT molecular complexity index is 844. The lowest BCUT2D eigenvalue weighted by Gasteiger charge is -2.29. The Balaban J connectivity index is 1.44. The zero-order valence-corrected chi connectivity index (χ0v) is 17.6. The largest absolute Gasteiger partial charge is 0.463 e. The average Bonchev–Trinajstić information content (AvgIpc) is 2.78. The molecule has 0 bridgehead atoms. The molecule has 2 aromatic rings. The first-order valence-electron chi connectivity index (χ1n) is 10.7. The van der Waals surface area contributed by atoms with Crippen LogP contribution in [0.1, 0.15) is 65.9 Å². The van der Waals surface area contributed by atoms with Crippen molar-refractivity contribution in [3.8, 4) is 5.75 Å². The third-order valence-corrected chi connectivity index (χ3v) is 5.86. The Kier molecular flexibility index (Phi) is 7.83. The molecule has 1 saturated carbocycles. The number of carbonyl (C=O) groups is 2. The van der Waals surface area contributed by atoms with Crippen LogP contribution < -0.4 is 4.74 Å². The molecule has 1 aliphatic rings. The number of aryl methyl sites for hydroxylation is 1. The van der Waals surface area contributed by atoms with Gasteiger partial charge < -0.3 is 9.47 Å². The van der Waals surface area contributed by atoms with Gasteiger partial charge in [0.2, 0.25) is 0 Å². The summed E-state index contributed by atoms with van der Waals surface area (Å²) in [6.07, 6.45) is 7.91. The fourth-order valence-electron chi connectivity index (χ4n) is 4.05. The number of hydrogen-bond acceptors (Lipinski definition) is 4. The highest BCUT2D eigenvalue weighted by Gasteiger charge is 2.22. The Labute approximate surface area is 178 Å². The second-order valence-corrected chi connectivity index (χ2v) is 8.06. The van der Waals surface area contributed by atoms with Crippen LogP contribution in [0.4, 0.5) is 0 Å². The van der Waals surface area contributed by atoms with E-state index in [1.54, 1.807) is 0 Å². The first-order chi connectivity index (χ1) is 14.5. The van der Waals surface area contributed by atoms with Crippen LogP contribution in [0, 0.1) is 12.8 Å². The molecule has 1 aliphatic carbocycles. The van der Waals surface area contributed by atoms with E-state index in [-0.39, 0.29) is 11.9 Å². The fourth-order valence-corrected chi connectivity index (χ4v) is 4.05. The molecule has 0 atom stereocenters. The predicted molar refractivity (Wildman–Crippen MR) is 118 cm³/mol. The van der Waals surface area contributed by atoms with E-state index in [1.807, 2.05) is 43.3 Å². The van der Waals surface area contributed by atoms with Crippen LogP contribution in [0.3, 0.4) is 0 Å². The minimum absolute atomic E-state index is 0.328. The topological polar surface area (TPSA) is 52.6 Å². The summed E-state index contributed by atoms with van der Waals surface area (Å²) in [7, 11) is 0. The van der Waals surface area contributed by atoms with E-state index >= 15 is 0 Å². The first-order valence-corrected chi connectivity index (χ1v) is 10.7. The molecule has 0 N–H and O–H groups in total. The van der Waals surface area contributed by atoms with E-state index in [0.717, 1.165) is 31.2 Å². The van der Waals surface area contributed by atoms with Gasteiger partial charge in [-0.3, -0.25) is 0 Å². The van der Waals surface area contributed by atoms with Gasteiger partial charge in [0.05, 0.1) is 12.2 Å². The van der Waals surface area contributed by atoms with Crippen molar-refractivity contribution in [1.82, 2.24) is 0 Å². The highest BCUT2D eigenvalue weighted by Crippen LogP contribution is 2.37. The van der Waals surface area contributed by atoms with Crippen molar-refractivity contribution in [1.29, 1.82) is 0 Å². The third kappa shape index (κ3) is 6.31. The maximum atomic E-state index is 12.4. The molecule has 0 saturated heterocycles. The Hall–Kier alpha value is -2.88. The highest BCUT2D eigenvalue weighted by molar-refractivity contribution is 5.91. The molecule has 0 aliphatic heterocycles. The van der Waals surface area contributed by atoms with Crippen molar-refractivity contribution in [2.24, 2.45) is 5.92 Å². The molecule has 0 heterocycles. The van der Waals surface area contributed by atoms with Gasteiger partial charge in [0.1, 0.15) is 5.75 Å². The summed E-state index contributed by atoms with van der Waals surface area (Å²) in [5, 5.41) is 0. The van der Waals surface area contributed by atoms with Crippen molar-refractivity contribution in [2.75, 3.05) is 6.61 Å². The van der Waals surface area contributed by atoms with Gasteiger partial charge in [-0.1, -0.05) is 36.4 Å². The van der Waals surface area contributed by atoms with E-state index in [2.05, 4.69) is 18.7 Å². The summed E-state index contributed by atoms with van der Waals surface area (Å²) in [5.41, 5.74) is 2.99. The summed E-state index contributed by atoms with van der Waals surface area (Å²) in [6.45, 7) is 5.88. The van der Waals surface area contributed by atoms with Crippen LogP contribution in [-0.4, -0.2) is 18.5 Å². The zero-order valence-electron chi connectivity index (χ0n) is 17.6. The summed E-state index contributed by atoms with van der Waals surface area (Å²) < 4.78 is 10.5. The maximum absolute atomic E-state index is 12.4. The molecule has 158 valence electrons. The highest BCUT2D eigenvalue weighted by atomic mass is 16.5. The molecule has 4 nitrogen and oxygen atoms in total. The van der Waals surface area contributed by atoms with Crippen LogP contribution in [-0.2, 0) is 9.53 Å². The lowest BCUT2D eigenvalue weighted by atomic mass is 9.77. The van der Waals surface area contributed by atoms with Gasteiger partial charge in [0.25, 0.3) is 0 Å². The minimum atomic E-state index is -0.343. The van der Waals surface area contributed by atoms with Crippen LogP contribution >= 0.6 is 0 Å². The van der Waals surface area contributed by atoms with Gasteiger partial charge in [-0.25, -0.2) is 9.59 Å². The van der Waals surface area contributed by atoms with Gasteiger partial charge >= 0.3 is 11.9 Å². The molecular formula is C26H30O4. The van der Waals surface area contributed by atoms with Crippen LogP contribution in [0.2, 0.25) is 0 Å². The van der Waals surface area contributed by atoms with Crippen molar-refractivity contribution in [2.45, 2.75) is 51.4 Å². The lowest BCUT2D eigenvalue weighted by Crippen LogP contribution is -2.15. The van der Waals surface area contributed by atoms with Gasteiger partial charge in [-0.05, 0) is 87.1 Å². The maximum Gasteiger partial charge on any atom is 0.343 e. The number of rotatable bonds is 8. The standard InChI is InChI=1S/C26H30O4/c1-3-25(27)29-18-4-5-20-8-10-21(11-9-20)22-12-14-23(15-13-22)26(28)30-24-16-6-19(2)7-17-24/h3,6-7,12-17,20-21H,1,4-5,8-11,18H2,2H3/t20-,21-. The Morgan fingerprint density at radius 3 is 2.30 bits per heavy atom. The molecule has 30 heavy (non-hydrogen) atoms. The van der Waals surface area contributed by atoms with Gasteiger partial charge in [0.15, 0.2) is 0 Å². The lowest BCUT2D eigenvalue weighted by molar-refractivity contribution is -0.137. The zero-order chi connectivity index (χ0) is 21.3. The number of benzene rings is 2. The summed E-state index contributed by atoms with van der Waals surface area (Å²) in [5.74, 6) is 1.14. The number of ether oxygens (including phenoxy) is 2. The predicted octanol–water partition coefficient (Wildman–Crippen LogP) is 6.00. The minimum Gasteiger partial charge on any atom is -0.463 e. The van der Waals surface area contributed by atoms with Crippen molar-refractivity contribution in [3.63, 3.8) is 0 Å². The summed E-state index contributed by atoms with van der Waals surface area (Å²) >= 11 is 0. The fraction of sp³-hybridized carbons (Fsp3) is 0.385. The van der Waals surface area contributed by atoms with Gasteiger partial charge in [-0.15, -0.1) is 0 Å². The Morgan fingerprint density at radius 1 is 1.00 bits per heavy atom. The average molecular weight is 407 g/mol. The second-order valence-electron chi connectivity index (χ2n) is 8.06. The molecule has 0 aromatic heterocycles. The first kappa shape index (κ1) is 21.8. The van der Waals surface area contributed by atoms with Crippen LogP contribution in [0.15, 0.2) is 61.2 Å². The second kappa shape index (κ2) is 10.8. The third-order valence-electron chi connectivity index (χ3n) is 5.86. The van der Waals surface area contributed by atoms with Gasteiger partial charge in [0, 0.05) is 6.08 Å². The molecule has 4 heteroatoms. The molecule has 1 fully saturated rings. The molecule has 0 radical (unpaired) electrons. The van der Waals surface area contributed by atoms with Gasteiger partial charge in [-0.2, -0.15) is 0 Å². The number of hydrogen-bond donors (Lipinski definition) is 0. The molecule has 0 unspecified atom stereocenters. The van der Waals surface area contributed by atoms with E-state index in [4.69, 9.17) is 9.47 Å². The normalized spacial score (nSPS) is 18.4. The van der Waals surface area contributed by atoms with Crippen molar-refractivity contribution < 1.29 is 19.1 Å². The van der Waals surface area contributed by atoms with E-state index in [1.165, 1.54) is 24.5 Å². The molecule has 2 aromatic carbocycles. The van der Waals surface area contributed by atoms with Crippen LogP contribution in [0.25, 0.3) is 0 Å². The quantitative estimate of drug-likeness (QED) is 0.234. The number of esters is 2. The SMILES string of the molecule is C=CC(=O)OCCC[C@H]1CC[C@H](c2ccc(C(=O)Oc3ccc(C)cc3)cc2)CC1. The van der Waals surface area contributed by atoms with Crippen LogP contribution in [0.5, 0.6) is 5.75 Å². The van der Waals surface area contributed by atoms with Crippen molar-refractivity contribution >= 4 is 11.9 Å². The van der Waals surface area contributed by atoms with E-state index in [9.17, 15) is 9.59 Å². The molecule has 3 rings (SSSR count). The van der Waals surface area contributed by atoms with Crippen molar-refractivity contribution in [3.05, 3.63) is 77.9 Å². The molecule has 0 amide bonds. The van der Waals surface area contributed by atoms with E-state index in [0.29, 0.717) is 29.8 Å². The summed E-state index contributed by atoms with van der Waals surface area (Å²) in [6, 6.07) is 15.3. The molecular weight excluding hydrogens is 376 g/mol.